The van der Waals surface area contributed by atoms with Gasteiger partial charge in [0.25, 0.3) is 5.91 Å². The summed E-state index contributed by atoms with van der Waals surface area (Å²) in [7, 11) is 1.40. The van der Waals surface area contributed by atoms with E-state index in [4.69, 9.17) is 24.7 Å². The number of carbonyl (C=O) groups is 2. The topological polar surface area (TPSA) is 110 Å². The van der Waals surface area contributed by atoms with Crippen LogP contribution in [0.4, 0.5) is 0 Å². The summed E-state index contributed by atoms with van der Waals surface area (Å²) in [5.41, 5.74) is 5.10. The monoisotopic (exact) mass is 332 g/mol. The summed E-state index contributed by atoms with van der Waals surface area (Å²) < 4.78 is 20.4. The standard InChI is InChI=1S/C16H16N2O6/c1-21-12-7-8-18-14(16(17)20)15(12)24-10-23-13(19)9-22-11-5-3-2-4-6-11/h2-8H,9-10H2,1H3,(H2,17,20). The van der Waals surface area contributed by atoms with Gasteiger partial charge in [0.05, 0.1) is 7.11 Å². The van der Waals surface area contributed by atoms with Gasteiger partial charge in [0.15, 0.2) is 23.8 Å². The fraction of sp³-hybridized carbons (Fsp3) is 0.188. The van der Waals surface area contributed by atoms with E-state index in [1.807, 2.05) is 6.07 Å². The SMILES string of the molecule is COc1ccnc(C(N)=O)c1OCOC(=O)COc1ccccc1. The van der Waals surface area contributed by atoms with Crippen LogP contribution in [-0.4, -0.2) is 37.4 Å². The number of esters is 1. The van der Waals surface area contributed by atoms with E-state index in [9.17, 15) is 9.59 Å². The Hall–Kier alpha value is -3.29. The third-order valence-corrected chi connectivity index (χ3v) is 2.84. The molecule has 0 atom stereocenters. The number of rotatable bonds is 8. The molecule has 1 aromatic carbocycles. The fourth-order valence-electron chi connectivity index (χ4n) is 1.76. The second-order valence-electron chi connectivity index (χ2n) is 4.44. The van der Waals surface area contributed by atoms with Crippen molar-refractivity contribution in [3.05, 3.63) is 48.3 Å². The van der Waals surface area contributed by atoms with Crippen LogP contribution in [0.3, 0.4) is 0 Å². The first-order valence-electron chi connectivity index (χ1n) is 6.91. The molecule has 0 aliphatic heterocycles. The van der Waals surface area contributed by atoms with Crippen LogP contribution in [0.5, 0.6) is 17.2 Å². The smallest absolute Gasteiger partial charge is 0.347 e. The molecule has 0 aliphatic rings. The van der Waals surface area contributed by atoms with Gasteiger partial charge in [-0.2, -0.15) is 0 Å². The van der Waals surface area contributed by atoms with Crippen molar-refractivity contribution in [3.8, 4) is 17.2 Å². The van der Waals surface area contributed by atoms with Crippen LogP contribution in [-0.2, 0) is 9.53 Å². The molecule has 1 heterocycles. The molecule has 1 amide bonds. The minimum absolute atomic E-state index is 0.00396. The average Bonchev–Trinajstić information content (AvgIpc) is 2.60. The van der Waals surface area contributed by atoms with Crippen LogP contribution in [0.15, 0.2) is 42.6 Å². The van der Waals surface area contributed by atoms with Crippen molar-refractivity contribution in [3.63, 3.8) is 0 Å². The first-order valence-corrected chi connectivity index (χ1v) is 6.91. The number of benzene rings is 1. The second kappa shape index (κ2) is 8.37. The highest BCUT2D eigenvalue weighted by Crippen LogP contribution is 2.29. The van der Waals surface area contributed by atoms with Crippen molar-refractivity contribution in [1.29, 1.82) is 0 Å². The maximum absolute atomic E-state index is 11.6. The molecule has 0 bridgehead atoms. The number of hydrogen-bond donors (Lipinski definition) is 1. The zero-order valence-electron chi connectivity index (χ0n) is 12.9. The van der Waals surface area contributed by atoms with Gasteiger partial charge >= 0.3 is 5.97 Å². The van der Waals surface area contributed by atoms with Crippen molar-refractivity contribution < 1.29 is 28.5 Å². The summed E-state index contributed by atoms with van der Waals surface area (Å²) in [6.45, 7) is -0.723. The molecule has 2 N–H and O–H groups in total. The average molecular weight is 332 g/mol. The molecular formula is C16H16N2O6. The normalized spacial score (nSPS) is 9.88. The Labute approximate surface area is 138 Å². The summed E-state index contributed by atoms with van der Waals surface area (Å²) in [6.07, 6.45) is 1.35. The summed E-state index contributed by atoms with van der Waals surface area (Å²) in [5.74, 6) is -0.634. The summed E-state index contributed by atoms with van der Waals surface area (Å²) in [4.78, 5) is 26.8. The van der Waals surface area contributed by atoms with E-state index < -0.39 is 18.7 Å². The number of nitrogens with two attached hydrogens (primary N) is 1. The summed E-state index contributed by atoms with van der Waals surface area (Å²) in [5, 5.41) is 0. The van der Waals surface area contributed by atoms with Crippen LogP contribution in [0.2, 0.25) is 0 Å². The van der Waals surface area contributed by atoms with Gasteiger partial charge in [0, 0.05) is 12.3 Å². The molecule has 0 spiro atoms. The zero-order chi connectivity index (χ0) is 17.4. The Balaban J connectivity index is 1.87. The lowest BCUT2D eigenvalue weighted by molar-refractivity contribution is -0.152. The van der Waals surface area contributed by atoms with Gasteiger partial charge in [-0.15, -0.1) is 0 Å². The van der Waals surface area contributed by atoms with Crippen LogP contribution in [0.25, 0.3) is 0 Å². The van der Waals surface area contributed by atoms with Gasteiger partial charge < -0.3 is 24.7 Å². The number of hydrogen-bond acceptors (Lipinski definition) is 7. The molecule has 24 heavy (non-hydrogen) atoms. The quantitative estimate of drug-likeness (QED) is 0.570. The lowest BCUT2D eigenvalue weighted by Crippen LogP contribution is -2.20. The molecule has 126 valence electrons. The molecule has 0 radical (unpaired) electrons. The van der Waals surface area contributed by atoms with Gasteiger partial charge in [0.2, 0.25) is 6.79 Å². The predicted octanol–water partition coefficient (Wildman–Crippen LogP) is 1.15. The summed E-state index contributed by atoms with van der Waals surface area (Å²) >= 11 is 0. The number of para-hydroxylation sites is 1. The highest BCUT2D eigenvalue weighted by molar-refractivity contribution is 5.94. The molecule has 8 heteroatoms. The predicted molar refractivity (Wildman–Crippen MR) is 82.8 cm³/mol. The molecule has 8 nitrogen and oxygen atoms in total. The Morgan fingerprint density at radius 1 is 1.12 bits per heavy atom. The van der Waals surface area contributed by atoms with Crippen LogP contribution in [0.1, 0.15) is 10.5 Å². The number of nitrogens with zero attached hydrogens (tertiary/aromatic N) is 1. The van der Waals surface area contributed by atoms with Gasteiger partial charge in [-0.25, -0.2) is 9.78 Å². The first-order chi connectivity index (χ1) is 11.6. The number of methoxy groups -OCH3 is 1. The van der Waals surface area contributed by atoms with E-state index >= 15 is 0 Å². The molecule has 0 saturated heterocycles. The van der Waals surface area contributed by atoms with Gasteiger partial charge in [-0.05, 0) is 12.1 Å². The van der Waals surface area contributed by atoms with Crippen molar-refractivity contribution in [2.75, 3.05) is 20.5 Å². The number of aromatic nitrogens is 1. The zero-order valence-corrected chi connectivity index (χ0v) is 12.9. The van der Waals surface area contributed by atoms with Gasteiger partial charge in [-0.3, -0.25) is 4.79 Å². The minimum Gasteiger partial charge on any atom is -0.493 e. The van der Waals surface area contributed by atoms with Gasteiger partial charge in [-0.1, -0.05) is 18.2 Å². The molecule has 2 aromatic rings. The van der Waals surface area contributed by atoms with E-state index in [1.54, 1.807) is 24.3 Å². The van der Waals surface area contributed by atoms with Crippen molar-refractivity contribution in [1.82, 2.24) is 4.98 Å². The van der Waals surface area contributed by atoms with Gasteiger partial charge in [0.1, 0.15) is 5.75 Å². The molecule has 0 fully saturated rings. The van der Waals surface area contributed by atoms with Crippen molar-refractivity contribution >= 4 is 11.9 Å². The Bertz CT molecular complexity index is 705. The molecule has 0 unspecified atom stereocenters. The van der Waals surface area contributed by atoms with E-state index in [1.165, 1.54) is 19.4 Å². The fourth-order valence-corrected chi connectivity index (χ4v) is 1.76. The Kier molecular flexibility index (Phi) is 5.95. The number of ether oxygens (including phenoxy) is 4. The number of pyridine rings is 1. The van der Waals surface area contributed by atoms with E-state index in [-0.39, 0.29) is 23.8 Å². The molecule has 1 aromatic heterocycles. The molecule has 0 aliphatic carbocycles. The lowest BCUT2D eigenvalue weighted by atomic mass is 10.3. The second-order valence-corrected chi connectivity index (χ2v) is 4.44. The Morgan fingerprint density at radius 3 is 2.54 bits per heavy atom. The van der Waals surface area contributed by atoms with Crippen LogP contribution in [0, 0.1) is 0 Å². The van der Waals surface area contributed by atoms with Crippen LogP contribution >= 0.6 is 0 Å². The highest BCUT2D eigenvalue weighted by atomic mass is 16.7. The maximum atomic E-state index is 11.6. The van der Waals surface area contributed by atoms with Crippen molar-refractivity contribution in [2.24, 2.45) is 5.73 Å². The van der Waals surface area contributed by atoms with E-state index in [0.29, 0.717) is 5.75 Å². The molecule has 0 saturated carbocycles. The Morgan fingerprint density at radius 2 is 1.88 bits per heavy atom. The number of amides is 1. The first kappa shape index (κ1) is 17.1. The highest BCUT2D eigenvalue weighted by Gasteiger charge is 2.17. The molecular weight excluding hydrogens is 316 g/mol. The maximum Gasteiger partial charge on any atom is 0.347 e. The van der Waals surface area contributed by atoms with E-state index in [2.05, 4.69) is 4.98 Å². The van der Waals surface area contributed by atoms with Crippen molar-refractivity contribution in [2.45, 2.75) is 0 Å². The third-order valence-electron chi connectivity index (χ3n) is 2.84. The molecule has 2 rings (SSSR count). The van der Waals surface area contributed by atoms with E-state index in [0.717, 1.165) is 0 Å². The largest absolute Gasteiger partial charge is 0.493 e. The van der Waals surface area contributed by atoms with Crippen LogP contribution < -0.4 is 19.9 Å². The lowest BCUT2D eigenvalue weighted by Gasteiger charge is -2.13. The number of primary amides is 1. The third kappa shape index (κ3) is 4.60. The minimum atomic E-state index is -0.789. The number of carbonyl (C=O) groups excluding carboxylic acids is 2. The summed E-state index contributed by atoms with van der Waals surface area (Å²) in [6, 6.07) is 10.3.